The van der Waals surface area contributed by atoms with Gasteiger partial charge < -0.3 is 10.6 Å². The van der Waals surface area contributed by atoms with Gasteiger partial charge in [0.25, 0.3) is 0 Å². The van der Waals surface area contributed by atoms with Crippen LogP contribution in [0.4, 0.5) is 5.82 Å². The van der Waals surface area contributed by atoms with Crippen LogP contribution in [0.5, 0.6) is 0 Å². The number of anilines is 1. The molecule has 0 aliphatic carbocycles. The summed E-state index contributed by atoms with van der Waals surface area (Å²) < 4.78 is 27.5. The van der Waals surface area contributed by atoms with Crippen molar-refractivity contribution in [3.05, 3.63) is 51.9 Å². The van der Waals surface area contributed by atoms with E-state index in [1.165, 1.54) is 4.31 Å². The maximum absolute atomic E-state index is 13.0. The molecule has 9 heteroatoms. The molecule has 3 heterocycles. The Morgan fingerprint density at radius 3 is 2.79 bits per heavy atom. The molecule has 0 radical (unpaired) electrons. The molecular weight excluding hydrogens is 410 g/mol. The summed E-state index contributed by atoms with van der Waals surface area (Å²) in [6, 6.07) is 7.00. The zero-order valence-corrected chi connectivity index (χ0v) is 18.1. The van der Waals surface area contributed by atoms with Crippen molar-refractivity contribution in [3.63, 3.8) is 0 Å². The van der Waals surface area contributed by atoms with Crippen LogP contribution in [0, 0.1) is 0 Å². The Bertz CT molecular complexity index is 975. The van der Waals surface area contributed by atoms with Gasteiger partial charge in [0.2, 0.25) is 10.0 Å². The first-order chi connectivity index (χ1) is 14.0. The van der Waals surface area contributed by atoms with E-state index in [9.17, 15) is 8.42 Å². The fourth-order valence-corrected chi connectivity index (χ4v) is 5.74. The fourth-order valence-electron chi connectivity index (χ4n) is 4.04. The second-order valence-electron chi connectivity index (χ2n) is 7.60. The minimum atomic E-state index is -3.47. The molecule has 1 aromatic heterocycles. The van der Waals surface area contributed by atoms with Gasteiger partial charge in [-0.1, -0.05) is 23.7 Å². The Morgan fingerprint density at radius 2 is 2.07 bits per heavy atom. The smallest absolute Gasteiger partial charge is 0.218 e. The molecule has 156 valence electrons. The monoisotopic (exact) mass is 435 g/mol. The largest absolute Gasteiger partial charge is 0.373 e. The Morgan fingerprint density at radius 1 is 1.28 bits per heavy atom. The lowest BCUT2D eigenvalue weighted by molar-refractivity contribution is 0.383. The lowest BCUT2D eigenvalue weighted by Gasteiger charge is -2.30. The van der Waals surface area contributed by atoms with Crippen molar-refractivity contribution in [1.82, 2.24) is 19.6 Å². The molecule has 1 saturated heterocycles. The molecule has 0 unspecified atom stereocenters. The lowest BCUT2D eigenvalue weighted by Crippen LogP contribution is -2.38. The van der Waals surface area contributed by atoms with E-state index in [0.29, 0.717) is 36.0 Å². The third-order valence-corrected chi connectivity index (χ3v) is 7.65. The Labute approximate surface area is 176 Å². The highest BCUT2D eigenvalue weighted by Gasteiger charge is 2.31. The van der Waals surface area contributed by atoms with Crippen LogP contribution >= 0.6 is 11.6 Å². The highest BCUT2D eigenvalue weighted by molar-refractivity contribution is 7.88. The van der Waals surface area contributed by atoms with Gasteiger partial charge in [-0.25, -0.2) is 18.4 Å². The number of sulfonamides is 1. The van der Waals surface area contributed by atoms with Crippen LogP contribution in [0.15, 0.2) is 24.3 Å². The number of aromatic nitrogens is 2. The maximum atomic E-state index is 13.0. The average Bonchev–Trinajstić information content (AvgIpc) is 2.73. The molecule has 1 aromatic carbocycles. The van der Waals surface area contributed by atoms with Gasteiger partial charge in [0.05, 0.1) is 11.4 Å². The van der Waals surface area contributed by atoms with Crippen molar-refractivity contribution in [2.24, 2.45) is 0 Å². The van der Waals surface area contributed by atoms with Crippen LogP contribution in [0.2, 0.25) is 5.02 Å². The van der Waals surface area contributed by atoms with E-state index in [1.807, 2.05) is 7.05 Å². The molecule has 1 fully saturated rings. The zero-order chi connectivity index (χ0) is 20.4. The molecule has 2 aliphatic heterocycles. The summed E-state index contributed by atoms with van der Waals surface area (Å²) in [6.07, 6.45) is 2.66. The van der Waals surface area contributed by atoms with Crippen molar-refractivity contribution >= 4 is 27.4 Å². The molecule has 2 aliphatic rings. The Kier molecular flexibility index (Phi) is 6.06. The highest BCUT2D eigenvalue weighted by Crippen LogP contribution is 2.30. The summed E-state index contributed by atoms with van der Waals surface area (Å²) in [5.74, 6) is 1.92. The molecule has 4 rings (SSSR count). The number of nitrogens with zero attached hydrogens (tertiary/aromatic N) is 3. The quantitative estimate of drug-likeness (QED) is 0.750. The van der Waals surface area contributed by atoms with Gasteiger partial charge in [0, 0.05) is 43.1 Å². The van der Waals surface area contributed by atoms with Gasteiger partial charge in [-0.15, -0.1) is 0 Å². The predicted molar refractivity (Wildman–Crippen MR) is 115 cm³/mol. The molecule has 29 heavy (non-hydrogen) atoms. The Balaban J connectivity index is 1.57. The van der Waals surface area contributed by atoms with Crippen molar-refractivity contribution in [2.75, 3.05) is 32.0 Å². The summed E-state index contributed by atoms with van der Waals surface area (Å²) in [5.41, 5.74) is 2.54. The van der Waals surface area contributed by atoms with E-state index < -0.39 is 10.0 Å². The van der Waals surface area contributed by atoms with Crippen LogP contribution in [0.3, 0.4) is 0 Å². The van der Waals surface area contributed by atoms with Gasteiger partial charge in [0.15, 0.2) is 0 Å². The lowest BCUT2D eigenvalue weighted by atomic mass is 9.96. The van der Waals surface area contributed by atoms with Crippen molar-refractivity contribution < 1.29 is 8.42 Å². The normalized spacial score (nSPS) is 18.4. The van der Waals surface area contributed by atoms with E-state index in [-0.39, 0.29) is 5.75 Å². The number of benzene rings is 1. The first-order valence-corrected chi connectivity index (χ1v) is 12.0. The molecule has 7 nitrogen and oxygen atoms in total. The van der Waals surface area contributed by atoms with E-state index in [0.717, 1.165) is 48.8 Å². The molecular formula is C20H26ClN5O2S. The maximum Gasteiger partial charge on any atom is 0.218 e. The first kappa shape index (κ1) is 20.5. The second kappa shape index (κ2) is 8.55. The number of hydrogen-bond acceptors (Lipinski definition) is 6. The minimum Gasteiger partial charge on any atom is -0.373 e. The summed E-state index contributed by atoms with van der Waals surface area (Å²) in [7, 11) is -1.64. The minimum absolute atomic E-state index is 0.0637. The van der Waals surface area contributed by atoms with Crippen LogP contribution in [0.25, 0.3) is 0 Å². The first-order valence-electron chi connectivity index (χ1n) is 9.96. The van der Waals surface area contributed by atoms with E-state index >= 15 is 0 Å². The average molecular weight is 436 g/mol. The number of fused-ring (bicyclic) bond motifs is 1. The molecule has 0 bridgehead atoms. The van der Waals surface area contributed by atoms with Gasteiger partial charge in [-0.2, -0.15) is 4.31 Å². The van der Waals surface area contributed by atoms with Crippen molar-refractivity contribution in [2.45, 2.75) is 37.5 Å². The van der Waals surface area contributed by atoms with E-state index in [1.54, 1.807) is 24.3 Å². The molecule has 0 saturated carbocycles. The SMILES string of the molecule is CNc1nc(C2CCNCC2)nc2c1CN(S(=O)(=O)Cc1cccc(Cl)c1)CC2. The Hall–Kier alpha value is -1.74. The standard InChI is InChI=1S/C20H26ClN5O2S/c1-22-20-17-12-26(29(27,28)13-14-3-2-4-16(21)11-14)10-7-18(17)24-19(25-20)15-5-8-23-9-6-15/h2-4,11,15,23H,5-10,12-13H2,1H3,(H,22,24,25). The van der Waals surface area contributed by atoms with Crippen LogP contribution in [-0.2, 0) is 28.7 Å². The molecule has 0 spiro atoms. The van der Waals surface area contributed by atoms with Crippen LogP contribution < -0.4 is 10.6 Å². The topological polar surface area (TPSA) is 87.2 Å². The molecule has 0 atom stereocenters. The van der Waals surface area contributed by atoms with Crippen LogP contribution in [-0.4, -0.2) is 49.4 Å². The van der Waals surface area contributed by atoms with Crippen molar-refractivity contribution in [1.29, 1.82) is 0 Å². The number of halogens is 1. The van der Waals surface area contributed by atoms with Gasteiger partial charge >= 0.3 is 0 Å². The number of rotatable bonds is 5. The molecule has 0 amide bonds. The number of hydrogen-bond donors (Lipinski definition) is 2. The molecule has 2 N–H and O–H groups in total. The van der Waals surface area contributed by atoms with Crippen molar-refractivity contribution in [3.8, 4) is 0 Å². The number of piperidine rings is 1. The summed E-state index contributed by atoms with van der Waals surface area (Å²) in [5, 5.41) is 7.07. The van der Waals surface area contributed by atoms with Gasteiger partial charge in [-0.3, -0.25) is 0 Å². The molecule has 2 aromatic rings. The van der Waals surface area contributed by atoms with Crippen LogP contribution in [0.1, 0.15) is 41.4 Å². The highest BCUT2D eigenvalue weighted by atomic mass is 35.5. The summed E-state index contributed by atoms with van der Waals surface area (Å²) >= 11 is 6.01. The zero-order valence-electron chi connectivity index (χ0n) is 16.5. The number of nitrogens with one attached hydrogen (secondary N) is 2. The third kappa shape index (κ3) is 4.55. The predicted octanol–water partition coefficient (Wildman–Crippen LogP) is 2.53. The summed E-state index contributed by atoms with van der Waals surface area (Å²) in [4.78, 5) is 9.59. The third-order valence-electron chi connectivity index (χ3n) is 5.62. The summed E-state index contributed by atoms with van der Waals surface area (Å²) in [6.45, 7) is 2.69. The van der Waals surface area contributed by atoms with E-state index in [2.05, 4.69) is 10.6 Å². The van der Waals surface area contributed by atoms with Gasteiger partial charge in [0.1, 0.15) is 11.6 Å². The fraction of sp³-hybridized carbons (Fsp3) is 0.500. The second-order valence-corrected chi connectivity index (χ2v) is 10.0. The van der Waals surface area contributed by atoms with E-state index in [4.69, 9.17) is 21.6 Å². The van der Waals surface area contributed by atoms with Gasteiger partial charge in [-0.05, 0) is 43.6 Å².